The van der Waals surface area contributed by atoms with Gasteiger partial charge in [-0.1, -0.05) is 18.2 Å². The van der Waals surface area contributed by atoms with Crippen molar-refractivity contribution in [2.75, 3.05) is 0 Å². The zero-order chi connectivity index (χ0) is 28.2. The van der Waals surface area contributed by atoms with Crippen LogP contribution in [-0.2, 0) is 27.5 Å². The molecule has 0 unspecified atom stereocenters. The molecule has 0 saturated heterocycles. The lowest BCUT2D eigenvalue weighted by atomic mass is 9.86. The van der Waals surface area contributed by atoms with Crippen LogP contribution in [0.2, 0.25) is 0 Å². The summed E-state index contributed by atoms with van der Waals surface area (Å²) in [5.41, 5.74) is 8.63. The van der Waals surface area contributed by atoms with Crippen LogP contribution in [0.1, 0.15) is 54.7 Å². The number of aromatic nitrogens is 3. The molecule has 40 heavy (non-hydrogen) atoms. The molecule has 0 bridgehead atoms. The molecule has 0 saturated carbocycles. The van der Waals surface area contributed by atoms with Crippen molar-refractivity contribution in [3.63, 3.8) is 0 Å². The lowest BCUT2D eigenvalue weighted by Gasteiger charge is -2.29. The number of carboxylic acids is 1. The largest absolute Gasteiger partial charge is 0.479 e. The molecule has 1 aliphatic rings. The molecule has 0 spiro atoms. The van der Waals surface area contributed by atoms with Gasteiger partial charge in [0.05, 0.1) is 41.2 Å². The first-order valence-electron chi connectivity index (χ1n) is 13.4. The normalized spacial score (nSPS) is 14.0. The van der Waals surface area contributed by atoms with Crippen molar-refractivity contribution in [2.45, 2.75) is 59.5 Å². The summed E-state index contributed by atoms with van der Waals surface area (Å²) < 4.78 is 12.0. The molecule has 1 aliphatic heterocycles. The van der Waals surface area contributed by atoms with Crippen LogP contribution < -0.4 is 0 Å². The SMILES string of the molecule is Cc1cccnc1-c1ccc2c(-c3ccc4c5c(ccnc35)COC4)c([C@H](OC(C)(C)C)C(=O)O)c(C)cc2n1. The van der Waals surface area contributed by atoms with Gasteiger partial charge >= 0.3 is 5.97 Å². The molecule has 0 amide bonds. The molecule has 0 fully saturated rings. The Kier molecular flexibility index (Phi) is 6.36. The van der Waals surface area contributed by atoms with E-state index in [9.17, 15) is 9.90 Å². The summed E-state index contributed by atoms with van der Waals surface area (Å²) in [5, 5.41) is 12.3. The van der Waals surface area contributed by atoms with E-state index in [1.54, 1.807) is 12.4 Å². The molecule has 0 aliphatic carbocycles. The van der Waals surface area contributed by atoms with Gasteiger partial charge in [-0.3, -0.25) is 9.97 Å². The van der Waals surface area contributed by atoms with Crippen molar-refractivity contribution in [1.29, 1.82) is 0 Å². The number of hydrogen-bond acceptors (Lipinski definition) is 6. The Labute approximate surface area is 232 Å². The van der Waals surface area contributed by atoms with E-state index in [0.717, 1.165) is 66.6 Å². The molecule has 1 N–H and O–H groups in total. The summed E-state index contributed by atoms with van der Waals surface area (Å²) in [6.45, 7) is 10.6. The molecule has 7 heteroatoms. The Morgan fingerprint density at radius 3 is 2.48 bits per heavy atom. The van der Waals surface area contributed by atoms with E-state index in [1.807, 2.05) is 77.1 Å². The van der Waals surface area contributed by atoms with E-state index in [2.05, 4.69) is 11.1 Å². The lowest BCUT2D eigenvalue weighted by molar-refractivity contribution is -0.160. The molecular formula is C33H31N3O4. The van der Waals surface area contributed by atoms with Crippen LogP contribution in [-0.4, -0.2) is 31.6 Å². The van der Waals surface area contributed by atoms with Crippen LogP contribution in [0.15, 0.2) is 60.9 Å². The topological polar surface area (TPSA) is 94.4 Å². The fourth-order valence-corrected chi connectivity index (χ4v) is 5.65. The van der Waals surface area contributed by atoms with Gasteiger partial charge in [-0.2, -0.15) is 0 Å². The molecule has 202 valence electrons. The third kappa shape index (κ3) is 4.51. The van der Waals surface area contributed by atoms with E-state index in [0.29, 0.717) is 18.8 Å². The van der Waals surface area contributed by atoms with E-state index < -0.39 is 17.7 Å². The van der Waals surface area contributed by atoms with Crippen molar-refractivity contribution in [3.8, 4) is 22.5 Å². The maximum Gasteiger partial charge on any atom is 0.337 e. The van der Waals surface area contributed by atoms with Crippen LogP contribution in [0.25, 0.3) is 44.3 Å². The molecule has 4 heterocycles. The summed E-state index contributed by atoms with van der Waals surface area (Å²) in [4.78, 5) is 27.2. The number of fused-ring (bicyclic) bond motifs is 1. The fourth-order valence-electron chi connectivity index (χ4n) is 5.65. The van der Waals surface area contributed by atoms with Crippen LogP contribution in [0.3, 0.4) is 0 Å². The van der Waals surface area contributed by atoms with Crippen LogP contribution in [0, 0.1) is 13.8 Å². The molecule has 0 radical (unpaired) electrons. The maximum absolute atomic E-state index is 12.8. The number of aryl methyl sites for hydroxylation is 2. The van der Waals surface area contributed by atoms with Gasteiger partial charge in [-0.05, 0) is 92.8 Å². The average Bonchev–Trinajstić information content (AvgIpc) is 2.91. The van der Waals surface area contributed by atoms with Gasteiger partial charge in [-0.25, -0.2) is 9.78 Å². The van der Waals surface area contributed by atoms with Gasteiger partial charge in [0.2, 0.25) is 0 Å². The van der Waals surface area contributed by atoms with Crippen molar-refractivity contribution >= 4 is 27.8 Å². The molecule has 6 rings (SSSR count). The number of aliphatic carboxylic acids is 1. The van der Waals surface area contributed by atoms with Crippen molar-refractivity contribution in [2.24, 2.45) is 0 Å². The van der Waals surface area contributed by atoms with Gasteiger partial charge in [-0.15, -0.1) is 0 Å². The Morgan fingerprint density at radius 2 is 1.75 bits per heavy atom. The highest BCUT2D eigenvalue weighted by Gasteiger charge is 2.33. The average molecular weight is 534 g/mol. The number of carboxylic acid groups (broad SMARTS) is 1. The summed E-state index contributed by atoms with van der Waals surface area (Å²) in [6, 6.07) is 15.9. The highest BCUT2D eigenvalue weighted by atomic mass is 16.5. The number of carbonyl (C=O) groups is 1. The third-order valence-corrected chi connectivity index (χ3v) is 7.30. The van der Waals surface area contributed by atoms with E-state index in [4.69, 9.17) is 19.4 Å². The fraction of sp³-hybridized carbons (Fsp3) is 0.273. The number of benzene rings is 2. The number of hydrogen-bond donors (Lipinski definition) is 1. The van der Waals surface area contributed by atoms with E-state index in [1.165, 1.54) is 0 Å². The predicted molar refractivity (Wildman–Crippen MR) is 155 cm³/mol. The number of ether oxygens (including phenoxy) is 2. The van der Waals surface area contributed by atoms with Crippen LogP contribution >= 0.6 is 0 Å². The molecule has 7 nitrogen and oxygen atoms in total. The van der Waals surface area contributed by atoms with Crippen LogP contribution in [0.5, 0.6) is 0 Å². The Morgan fingerprint density at radius 1 is 0.975 bits per heavy atom. The minimum absolute atomic E-state index is 0.510. The lowest BCUT2D eigenvalue weighted by Crippen LogP contribution is -2.28. The Bertz CT molecular complexity index is 1800. The van der Waals surface area contributed by atoms with Gasteiger partial charge in [0.1, 0.15) is 0 Å². The number of pyridine rings is 3. The number of nitrogens with zero attached hydrogens (tertiary/aromatic N) is 3. The van der Waals surface area contributed by atoms with Crippen molar-refractivity contribution in [3.05, 3.63) is 88.7 Å². The van der Waals surface area contributed by atoms with Gasteiger partial charge < -0.3 is 14.6 Å². The first kappa shape index (κ1) is 26.0. The Balaban J connectivity index is 1.70. The molecule has 1 atom stereocenters. The first-order valence-corrected chi connectivity index (χ1v) is 13.4. The summed E-state index contributed by atoms with van der Waals surface area (Å²) in [6.07, 6.45) is 2.36. The maximum atomic E-state index is 12.8. The monoisotopic (exact) mass is 533 g/mol. The zero-order valence-corrected chi connectivity index (χ0v) is 23.3. The van der Waals surface area contributed by atoms with Crippen molar-refractivity contribution < 1.29 is 19.4 Å². The summed E-state index contributed by atoms with van der Waals surface area (Å²) in [5.74, 6) is -1.04. The quantitative estimate of drug-likeness (QED) is 0.257. The molecular weight excluding hydrogens is 502 g/mol. The first-order chi connectivity index (χ1) is 19.1. The highest BCUT2D eigenvalue weighted by molar-refractivity contribution is 6.07. The van der Waals surface area contributed by atoms with Crippen molar-refractivity contribution in [1.82, 2.24) is 15.0 Å². The zero-order valence-electron chi connectivity index (χ0n) is 23.3. The summed E-state index contributed by atoms with van der Waals surface area (Å²) >= 11 is 0. The predicted octanol–water partition coefficient (Wildman–Crippen LogP) is 7.10. The smallest absolute Gasteiger partial charge is 0.337 e. The second-order valence-corrected chi connectivity index (χ2v) is 11.3. The standard InChI is InChI=1S/C33H31N3O4/c1-18-7-6-13-34-29(18)24-11-10-22-25(36-24)15-19(2)26(31(32(37)38)40-33(3,4)5)28(22)23-9-8-20-16-39-17-21-12-14-35-30(23)27(20)21/h6-15,31H,16-17H2,1-5H3,(H,37,38)/t31-/m0/s1. The Hall–Kier alpha value is -4.20. The minimum atomic E-state index is -1.19. The van der Waals surface area contributed by atoms with Gasteiger partial charge in [0.15, 0.2) is 6.10 Å². The molecule has 5 aromatic rings. The van der Waals surface area contributed by atoms with E-state index >= 15 is 0 Å². The third-order valence-electron chi connectivity index (χ3n) is 7.30. The second-order valence-electron chi connectivity index (χ2n) is 11.3. The number of rotatable bonds is 5. The second kappa shape index (κ2) is 9.77. The molecule has 3 aromatic heterocycles. The minimum Gasteiger partial charge on any atom is -0.479 e. The van der Waals surface area contributed by atoms with Gasteiger partial charge in [0.25, 0.3) is 0 Å². The summed E-state index contributed by atoms with van der Waals surface area (Å²) in [7, 11) is 0. The molecule has 2 aromatic carbocycles. The van der Waals surface area contributed by atoms with Gasteiger partial charge in [0, 0.05) is 34.3 Å². The van der Waals surface area contributed by atoms with E-state index in [-0.39, 0.29) is 0 Å². The van der Waals surface area contributed by atoms with Crippen LogP contribution in [0.4, 0.5) is 0 Å². The highest BCUT2D eigenvalue weighted by Crippen LogP contribution is 2.44.